The van der Waals surface area contributed by atoms with Gasteiger partial charge in [0.05, 0.1) is 6.04 Å². The molecular formula is C22H34N4O6S2. The third kappa shape index (κ3) is 9.82. The summed E-state index contributed by atoms with van der Waals surface area (Å²) in [5, 5.41) is 26.4. The topological polar surface area (TPSA) is 171 Å². The van der Waals surface area contributed by atoms with Crippen LogP contribution in [0.15, 0.2) is 24.3 Å². The molecule has 0 saturated carbocycles. The largest absolute Gasteiger partial charge is 0.508 e. The predicted molar refractivity (Wildman–Crippen MR) is 135 cm³/mol. The number of hydrogen-bond donors (Lipinski definition) is 7. The highest BCUT2D eigenvalue weighted by Crippen LogP contribution is 2.12. The molecule has 0 spiro atoms. The van der Waals surface area contributed by atoms with Crippen molar-refractivity contribution in [1.82, 2.24) is 16.0 Å². The summed E-state index contributed by atoms with van der Waals surface area (Å²) in [6.45, 7) is 3.30. The molecule has 0 aliphatic rings. The second-order valence-electron chi connectivity index (χ2n) is 8.13. The molecule has 12 heteroatoms. The molecule has 0 bridgehead atoms. The maximum absolute atomic E-state index is 13.1. The number of phenols is 1. The Morgan fingerprint density at radius 2 is 1.56 bits per heavy atom. The average molecular weight is 515 g/mol. The molecule has 0 heterocycles. The van der Waals surface area contributed by atoms with Crippen LogP contribution in [0.1, 0.15) is 25.8 Å². The number of hydrogen-bond acceptors (Lipinski definition) is 8. The van der Waals surface area contributed by atoms with E-state index >= 15 is 0 Å². The first kappa shape index (κ1) is 29.6. The number of phenolic OH excluding ortho intramolecular Hbond substituents is 1. The van der Waals surface area contributed by atoms with Crippen LogP contribution in [0, 0.1) is 5.92 Å². The van der Waals surface area contributed by atoms with Crippen molar-refractivity contribution in [2.24, 2.45) is 11.7 Å². The summed E-state index contributed by atoms with van der Waals surface area (Å²) in [4.78, 5) is 49.7. The van der Waals surface area contributed by atoms with Gasteiger partial charge in [0.15, 0.2) is 0 Å². The predicted octanol–water partition coefficient (Wildman–Crippen LogP) is 0.140. The number of thiol groups is 1. The van der Waals surface area contributed by atoms with E-state index in [0.29, 0.717) is 17.7 Å². The van der Waals surface area contributed by atoms with E-state index in [9.17, 15) is 29.4 Å². The maximum Gasteiger partial charge on any atom is 0.326 e. The number of carbonyl (C=O) groups is 4. The average Bonchev–Trinajstić information content (AvgIpc) is 2.79. The molecule has 1 rings (SSSR count). The van der Waals surface area contributed by atoms with Gasteiger partial charge in [-0.3, -0.25) is 14.4 Å². The molecule has 0 radical (unpaired) electrons. The van der Waals surface area contributed by atoms with Crippen molar-refractivity contribution >= 4 is 48.1 Å². The number of amides is 3. The molecule has 3 amide bonds. The number of carboxylic acids is 1. The molecule has 4 atom stereocenters. The lowest BCUT2D eigenvalue weighted by Gasteiger charge is -2.25. The van der Waals surface area contributed by atoms with Crippen LogP contribution in [0.5, 0.6) is 5.75 Å². The SMILES string of the molecule is CSCCC(N)C(=O)NC(Cc1ccc(O)cc1)C(=O)NC(CS)C(=O)NC(C(=O)O)C(C)C. The molecule has 0 fully saturated rings. The zero-order valence-corrected chi connectivity index (χ0v) is 21.2. The van der Waals surface area contributed by atoms with Crippen LogP contribution in [0.2, 0.25) is 0 Å². The van der Waals surface area contributed by atoms with Crippen LogP contribution < -0.4 is 21.7 Å². The lowest BCUT2D eigenvalue weighted by atomic mass is 10.0. The van der Waals surface area contributed by atoms with Gasteiger partial charge in [-0.15, -0.1) is 0 Å². The van der Waals surface area contributed by atoms with Crippen molar-refractivity contribution in [2.45, 2.75) is 50.9 Å². The van der Waals surface area contributed by atoms with E-state index in [4.69, 9.17) is 5.73 Å². The summed E-state index contributed by atoms with van der Waals surface area (Å²) in [5.74, 6) is -2.78. The van der Waals surface area contributed by atoms with Crippen LogP contribution in [0.3, 0.4) is 0 Å². The fourth-order valence-corrected chi connectivity index (χ4v) is 3.71. The monoisotopic (exact) mass is 514 g/mol. The lowest BCUT2D eigenvalue weighted by Crippen LogP contribution is -2.58. The summed E-state index contributed by atoms with van der Waals surface area (Å²) in [6.07, 6.45) is 2.40. The van der Waals surface area contributed by atoms with Crippen molar-refractivity contribution in [1.29, 1.82) is 0 Å². The molecule has 0 saturated heterocycles. The number of aromatic hydroxyl groups is 1. The lowest BCUT2D eigenvalue weighted by molar-refractivity contribution is -0.143. The highest BCUT2D eigenvalue weighted by atomic mass is 32.2. The van der Waals surface area contributed by atoms with Crippen LogP contribution in [-0.2, 0) is 25.6 Å². The van der Waals surface area contributed by atoms with Crippen LogP contribution in [-0.4, -0.2) is 75.8 Å². The Balaban J connectivity index is 3.00. The van der Waals surface area contributed by atoms with E-state index in [1.165, 1.54) is 12.1 Å². The van der Waals surface area contributed by atoms with Gasteiger partial charge in [0.25, 0.3) is 0 Å². The minimum absolute atomic E-state index is 0.0535. The van der Waals surface area contributed by atoms with E-state index in [0.717, 1.165) is 0 Å². The van der Waals surface area contributed by atoms with Crippen LogP contribution in [0.25, 0.3) is 0 Å². The molecule has 4 unspecified atom stereocenters. The van der Waals surface area contributed by atoms with E-state index in [1.54, 1.807) is 37.7 Å². The summed E-state index contributed by atoms with van der Waals surface area (Å²) < 4.78 is 0. The van der Waals surface area contributed by atoms with Gasteiger partial charge in [0.1, 0.15) is 23.9 Å². The molecule has 0 aliphatic carbocycles. The van der Waals surface area contributed by atoms with Crippen molar-refractivity contribution in [3.63, 3.8) is 0 Å². The van der Waals surface area contributed by atoms with Crippen molar-refractivity contribution in [3.8, 4) is 5.75 Å². The molecule has 190 valence electrons. The van der Waals surface area contributed by atoms with E-state index in [2.05, 4.69) is 28.6 Å². The van der Waals surface area contributed by atoms with Gasteiger partial charge >= 0.3 is 5.97 Å². The Morgan fingerprint density at radius 3 is 2.06 bits per heavy atom. The summed E-state index contributed by atoms with van der Waals surface area (Å²) in [6, 6.07) is 2.00. The Morgan fingerprint density at radius 1 is 1.00 bits per heavy atom. The number of carbonyl (C=O) groups excluding carboxylic acids is 3. The Kier molecular flexibility index (Phi) is 12.8. The maximum atomic E-state index is 13.1. The minimum atomic E-state index is -1.19. The first-order valence-electron chi connectivity index (χ1n) is 10.8. The summed E-state index contributed by atoms with van der Waals surface area (Å²) in [5.41, 5.74) is 6.59. The van der Waals surface area contributed by atoms with E-state index < -0.39 is 47.9 Å². The Labute approximate surface area is 209 Å². The molecule has 7 N–H and O–H groups in total. The summed E-state index contributed by atoms with van der Waals surface area (Å²) in [7, 11) is 0. The third-order valence-electron chi connectivity index (χ3n) is 5.02. The van der Waals surface area contributed by atoms with Crippen molar-refractivity contribution in [3.05, 3.63) is 29.8 Å². The van der Waals surface area contributed by atoms with Crippen molar-refractivity contribution < 1.29 is 29.4 Å². The number of rotatable bonds is 14. The van der Waals surface area contributed by atoms with Gasteiger partial charge in [-0.2, -0.15) is 24.4 Å². The molecule has 10 nitrogen and oxygen atoms in total. The second-order valence-corrected chi connectivity index (χ2v) is 9.48. The number of benzene rings is 1. The number of aliphatic carboxylic acids is 1. The number of nitrogens with one attached hydrogen (secondary N) is 3. The molecule has 1 aromatic carbocycles. The van der Waals surface area contributed by atoms with Crippen molar-refractivity contribution in [2.75, 3.05) is 17.8 Å². The van der Waals surface area contributed by atoms with Crippen LogP contribution >= 0.6 is 24.4 Å². The standard InChI is InChI=1S/C22H34N4O6S2/c1-12(2)18(22(31)32)26-21(30)17(11-33)25-20(29)16(10-13-4-6-14(27)7-5-13)24-19(28)15(23)8-9-34-3/h4-7,12,15-18,27,33H,8-11,23H2,1-3H3,(H,24,28)(H,25,29)(H,26,30)(H,31,32). The zero-order valence-electron chi connectivity index (χ0n) is 19.5. The fourth-order valence-electron chi connectivity index (χ4n) is 2.97. The third-order valence-corrected chi connectivity index (χ3v) is 6.03. The molecule has 1 aromatic rings. The second kappa shape index (κ2) is 14.7. The molecule has 0 aromatic heterocycles. The van der Waals surface area contributed by atoms with E-state index in [1.807, 2.05) is 6.26 Å². The summed E-state index contributed by atoms with van der Waals surface area (Å²) >= 11 is 5.66. The van der Waals surface area contributed by atoms with Crippen LogP contribution in [0.4, 0.5) is 0 Å². The molecule has 34 heavy (non-hydrogen) atoms. The Hall–Kier alpha value is -2.44. The highest BCUT2D eigenvalue weighted by Gasteiger charge is 2.30. The zero-order chi connectivity index (χ0) is 25.8. The highest BCUT2D eigenvalue weighted by molar-refractivity contribution is 7.98. The van der Waals surface area contributed by atoms with Gasteiger partial charge in [0, 0.05) is 12.2 Å². The van der Waals surface area contributed by atoms with Gasteiger partial charge in [-0.1, -0.05) is 26.0 Å². The number of thioether (sulfide) groups is 1. The minimum Gasteiger partial charge on any atom is -0.508 e. The number of carboxylic acid groups (broad SMARTS) is 1. The molecular weight excluding hydrogens is 480 g/mol. The molecule has 0 aliphatic heterocycles. The quantitative estimate of drug-likeness (QED) is 0.172. The Bertz CT molecular complexity index is 837. The first-order chi connectivity index (χ1) is 16.0. The first-order valence-corrected chi connectivity index (χ1v) is 12.8. The van der Waals surface area contributed by atoms with Gasteiger partial charge < -0.3 is 31.9 Å². The number of nitrogens with two attached hydrogens (primary N) is 1. The van der Waals surface area contributed by atoms with Gasteiger partial charge in [-0.05, 0) is 42.0 Å². The smallest absolute Gasteiger partial charge is 0.326 e. The van der Waals surface area contributed by atoms with E-state index in [-0.39, 0.29) is 23.8 Å². The van der Waals surface area contributed by atoms with Gasteiger partial charge in [-0.25, -0.2) is 4.79 Å². The fraction of sp³-hybridized carbons (Fsp3) is 0.545. The normalized spacial score (nSPS) is 14.5. The van der Waals surface area contributed by atoms with Gasteiger partial charge in [0.2, 0.25) is 17.7 Å².